The summed E-state index contributed by atoms with van der Waals surface area (Å²) >= 11 is 0. The number of amides is 1. The SMILES string of the molecule is Cc1nc(CNC(=O)C2CC(F)(F)CN2)no1.Cl. The Morgan fingerprint density at radius 1 is 1.67 bits per heavy atom. The topological polar surface area (TPSA) is 80.0 Å². The van der Waals surface area contributed by atoms with E-state index >= 15 is 0 Å². The van der Waals surface area contributed by atoms with Crippen molar-refractivity contribution >= 4 is 18.3 Å². The minimum atomic E-state index is -2.81. The van der Waals surface area contributed by atoms with Crippen molar-refractivity contribution in [2.45, 2.75) is 31.9 Å². The molecule has 1 aromatic rings. The van der Waals surface area contributed by atoms with Gasteiger partial charge in [-0.05, 0) is 0 Å². The Hall–Kier alpha value is -1.28. The van der Waals surface area contributed by atoms with E-state index in [0.717, 1.165) is 0 Å². The summed E-state index contributed by atoms with van der Waals surface area (Å²) in [5.74, 6) is -2.59. The largest absolute Gasteiger partial charge is 0.347 e. The first-order valence-corrected chi connectivity index (χ1v) is 5.14. The summed E-state index contributed by atoms with van der Waals surface area (Å²) in [5, 5.41) is 8.51. The quantitative estimate of drug-likeness (QED) is 0.839. The summed E-state index contributed by atoms with van der Waals surface area (Å²) in [6.45, 7) is 1.23. The van der Waals surface area contributed by atoms with E-state index in [-0.39, 0.29) is 19.0 Å². The first-order chi connectivity index (χ1) is 7.96. The fourth-order valence-corrected chi connectivity index (χ4v) is 1.60. The van der Waals surface area contributed by atoms with Crippen molar-refractivity contribution in [2.24, 2.45) is 0 Å². The van der Waals surface area contributed by atoms with Gasteiger partial charge in [0.1, 0.15) is 0 Å². The summed E-state index contributed by atoms with van der Waals surface area (Å²) in [7, 11) is 0. The lowest BCUT2D eigenvalue weighted by Gasteiger charge is -2.09. The van der Waals surface area contributed by atoms with Crippen LogP contribution in [0.15, 0.2) is 4.52 Å². The van der Waals surface area contributed by atoms with Gasteiger partial charge in [-0.1, -0.05) is 5.16 Å². The number of carbonyl (C=O) groups excluding carboxylic acids is 1. The Morgan fingerprint density at radius 3 is 2.89 bits per heavy atom. The zero-order chi connectivity index (χ0) is 12.5. The lowest BCUT2D eigenvalue weighted by Crippen LogP contribution is -2.40. The van der Waals surface area contributed by atoms with Crippen LogP contribution in [0, 0.1) is 6.92 Å². The molecule has 102 valence electrons. The van der Waals surface area contributed by atoms with E-state index in [1.165, 1.54) is 0 Å². The third kappa shape index (κ3) is 3.61. The van der Waals surface area contributed by atoms with Crippen molar-refractivity contribution in [2.75, 3.05) is 6.54 Å². The van der Waals surface area contributed by atoms with Crippen LogP contribution in [0.1, 0.15) is 18.1 Å². The molecular weight excluding hydrogens is 270 g/mol. The molecule has 1 fully saturated rings. The van der Waals surface area contributed by atoms with Crippen LogP contribution in [0.3, 0.4) is 0 Å². The summed E-state index contributed by atoms with van der Waals surface area (Å²) in [6, 6.07) is -0.863. The third-order valence-corrected chi connectivity index (χ3v) is 2.42. The van der Waals surface area contributed by atoms with E-state index in [1.54, 1.807) is 6.92 Å². The Bertz CT molecular complexity index is 426. The zero-order valence-electron chi connectivity index (χ0n) is 9.57. The van der Waals surface area contributed by atoms with Crippen LogP contribution in [-0.4, -0.2) is 34.6 Å². The Kier molecular flexibility index (Phi) is 4.58. The summed E-state index contributed by atoms with van der Waals surface area (Å²) in [5.41, 5.74) is 0. The molecule has 1 atom stereocenters. The molecule has 0 aromatic carbocycles. The molecule has 6 nitrogen and oxygen atoms in total. The number of rotatable bonds is 3. The van der Waals surface area contributed by atoms with E-state index in [1.807, 2.05) is 0 Å². The first kappa shape index (κ1) is 14.8. The minimum absolute atomic E-state index is 0. The highest BCUT2D eigenvalue weighted by Gasteiger charge is 2.42. The highest BCUT2D eigenvalue weighted by atomic mass is 35.5. The molecule has 1 amide bonds. The predicted octanol–water partition coefficient (Wildman–Crippen LogP) is 0.413. The number of hydrogen-bond donors (Lipinski definition) is 2. The zero-order valence-corrected chi connectivity index (χ0v) is 10.4. The number of hydrogen-bond acceptors (Lipinski definition) is 5. The molecule has 2 N–H and O–H groups in total. The summed E-state index contributed by atoms with van der Waals surface area (Å²) < 4.78 is 30.4. The molecule has 2 heterocycles. The van der Waals surface area contributed by atoms with Gasteiger partial charge in [-0.3, -0.25) is 10.1 Å². The maximum Gasteiger partial charge on any atom is 0.262 e. The average Bonchev–Trinajstić information content (AvgIpc) is 2.81. The van der Waals surface area contributed by atoms with Crippen LogP contribution in [0.2, 0.25) is 0 Å². The molecule has 1 aliphatic heterocycles. The standard InChI is InChI=1S/C9H12F2N4O2.ClH/c1-5-14-7(15-17-5)3-12-8(16)6-2-9(10,11)4-13-6;/h6,13H,2-4H2,1H3,(H,12,16);1H. The van der Waals surface area contributed by atoms with Crippen LogP contribution in [0.25, 0.3) is 0 Å². The van der Waals surface area contributed by atoms with Crippen LogP contribution in [0.4, 0.5) is 8.78 Å². The molecule has 1 aliphatic rings. The second-order valence-corrected chi connectivity index (χ2v) is 3.94. The fraction of sp³-hybridized carbons (Fsp3) is 0.667. The second-order valence-electron chi connectivity index (χ2n) is 3.94. The normalized spacial score (nSPS) is 21.4. The Labute approximate surface area is 108 Å². The Balaban J connectivity index is 0.00000162. The van der Waals surface area contributed by atoms with Crippen molar-refractivity contribution in [3.8, 4) is 0 Å². The minimum Gasteiger partial charge on any atom is -0.347 e. The van der Waals surface area contributed by atoms with Crippen molar-refractivity contribution < 1.29 is 18.1 Å². The highest BCUT2D eigenvalue weighted by Crippen LogP contribution is 2.24. The summed E-state index contributed by atoms with van der Waals surface area (Å²) in [4.78, 5) is 15.4. The van der Waals surface area contributed by atoms with E-state index in [9.17, 15) is 13.6 Å². The van der Waals surface area contributed by atoms with Gasteiger partial charge in [0.15, 0.2) is 5.82 Å². The smallest absolute Gasteiger partial charge is 0.262 e. The summed E-state index contributed by atoms with van der Waals surface area (Å²) in [6.07, 6.45) is -0.482. The van der Waals surface area contributed by atoms with Gasteiger partial charge in [-0.25, -0.2) is 8.78 Å². The van der Waals surface area contributed by atoms with Crippen LogP contribution in [0.5, 0.6) is 0 Å². The lowest BCUT2D eigenvalue weighted by molar-refractivity contribution is -0.123. The fourth-order valence-electron chi connectivity index (χ4n) is 1.60. The molecule has 1 aromatic heterocycles. The number of nitrogens with one attached hydrogen (secondary N) is 2. The molecule has 1 saturated heterocycles. The molecule has 0 bridgehead atoms. The molecule has 2 rings (SSSR count). The van der Waals surface area contributed by atoms with Gasteiger partial charge in [0.2, 0.25) is 11.8 Å². The van der Waals surface area contributed by atoms with Gasteiger partial charge in [0.25, 0.3) is 5.92 Å². The van der Waals surface area contributed by atoms with Crippen molar-refractivity contribution in [3.05, 3.63) is 11.7 Å². The molecule has 0 radical (unpaired) electrons. The number of alkyl halides is 2. The van der Waals surface area contributed by atoms with Gasteiger partial charge >= 0.3 is 0 Å². The third-order valence-electron chi connectivity index (χ3n) is 2.42. The van der Waals surface area contributed by atoms with Crippen LogP contribution in [-0.2, 0) is 11.3 Å². The molecule has 9 heteroatoms. The van der Waals surface area contributed by atoms with Crippen LogP contribution >= 0.6 is 12.4 Å². The number of nitrogens with zero attached hydrogens (tertiary/aromatic N) is 2. The molecule has 18 heavy (non-hydrogen) atoms. The second kappa shape index (κ2) is 5.57. The number of halogens is 3. The van der Waals surface area contributed by atoms with Gasteiger partial charge in [-0.15, -0.1) is 12.4 Å². The molecule has 0 aliphatic carbocycles. The molecule has 0 spiro atoms. The molecular formula is C9H13ClF2N4O2. The Morgan fingerprint density at radius 2 is 2.39 bits per heavy atom. The first-order valence-electron chi connectivity index (χ1n) is 5.14. The van der Waals surface area contributed by atoms with E-state index in [0.29, 0.717) is 11.7 Å². The van der Waals surface area contributed by atoms with Crippen LogP contribution < -0.4 is 10.6 Å². The predicted molar refractivity (Wildman–Crippen MR) is 59.5 cm³/mol. The van der Waals surface area contributed by atoms with Crippen molar-refractivity contribution in [1.29, 1.82) is 0 Å². The number of aryl methyl sites for hydroxylation is 1. The maximum atomic E-state index is 12.8. The molecule has 1 unspecified atom stereocenters. The van der Waals surface area contributed by atoms with E-state index < -0.39 is 30.8 Å². The number of aromatic nitrogens is 2. The monoisotopic (exact) mass is 282 g/mol. The number of carbonyl (C=O) groups is 1. The van der Waals surface area contributed by atoms with Gasteiger partial charge in [0.05, 0.1) is 19.1 Å². The van der Waals surface area contributed by atoms with Gasteiger partial charge < -0.3 is 9.84 Å². The van der Waals surface area contributed by atoms with Crippen molar-refractivity contribution in [3.63, 3.8) is 0 Å². The maximum absolute atomic E-state index is 12.8. The van der Waals surface area contributed by atoms with E-state index in [2.05, 4.69) is 20.8 Å². The van der Waals surface area contributed by atoms with E-state index in [4.69, 9.17) is 4.52 Å². The average molecular weight is 283 g/mol. The van der Waals surface area contributed by atoms with Gasteiger partial charge in [-0.2, -0.15) is 4.98 Å². The lowest BCUT2D eigenvalue weighted by atomic mass is 10.2. The molecule has 0 saturated carbocycles. The highest BCUT2D eigenvalue weighted by molar-refractivity contribution is 5.85. The van der Waals surface area contributed by atoms with Gasteiger partial charge in [0, 0.05) is 13.3 Å². The van der Waals surface area contributed by atoms with Crippen molar-refractivity contribution in [1.82, 2.24) is 20.8 Å².